The van der Waals surface area contributed by atoms with E-state index in [1.165, 1.54) is 44.9 Å². The van der Waals surface area contributed by atoms with Crippen molar-refractivity contribution in [3.05, 3.63) is 30.1 Å². The van der Waals surface area contributed by atoms with Crippen LogP contribution in [0.2, 0.25) is 0 Å². The summed E-state index contributed by atoms with van der Waals surface area (Å²) in [5.74, 6) is -0.0135. The van der Waals surface area contributed by atoms with E-state index in [4.69, 9.17) is 0 Å². The quantitative estimate of drug-likeness (QED) is 0.156. The SMILES string of the molecule is CCCCCCCCCC(=O)N[C@@H](C)C(=O)NCCCCCCCCCCC(=O)NCc1ccncc1. The predicted molar refractivity (Wildman–Crippen MR) is 151 cm³/mol. The van der Waals surface area contributed by atoms with Gasteiger partial charge in [0.1, 0.15) is 6.04 Å². The van der Waals surface area contributed by atoms with Crippen molar-refractivity contribution in [2.45, 2.75) is 136 Å². The highest BCUT2D eigenvalue weighted by molar-refractivity contribution is 5.87. The monoisotopic (exact) mass is 516 g/mol. The van der Waals surface area contributed by atoms with Crippen molar-refractivity contribution in [2.75, 3.05) is 6.54 Å². The number of aromatic nitrogens is 1. The molecule has 0 spiro atoms. The molecule has 1 atom stereocenters. The Morgan fingerprint density at radius 2 is 1.22 bits per heavy atom. The number of hydrogen-bond acceptors (Lipinski definition) is 4. The normalized spacial score (nSPS) is 11.6. The van der Waals surface area contributed by atoms with E-state index in [-0.39, 0.29) is 17.7 Å². The molecule has 37 heavy (non-hydrogen) atoms. The molecule has 0 fully saturated rings. The fraction of sp³-hybridized carbons (Fsp3) is 0.733. The van der Waals surface area contributed by atoms with Crippen molar-refractivity contribution in [2.24, 2.45) is 0 Å². The summed E-state index contributed by atoms with van der Waals surface area (Å²) in [6.45, 7) is 5.19. The standard InChI is InChI=1S/C30H52N4O3/c1-3-4-5-6-9-13-16-19-29(36)34-26(2)30(37)32-22-17-14-11-8-7-10-12-15-18-28(35)33-25-27-20-23-31-24-21-27/h20-21,23-24,26H,3-19,22,25H2,1-2H3,(H,32,37)(H,33,35)(H,34,36)/t26-/m0/s1. The predicted octanol–water partition coefficient (Wildman–Crippen LogP) is 5.97. The lowest BCUT2D eigenvalue weighted by Gasteiger charge is -2.14. The summed E-state index contributed by atoms with van der Waals surface area (Å²) in [6, 6.07) is 3.34. The lowest BCUT2D eigenvalue weighted by atomic mass is 10.1. The largest absolute Gasteiger partial charge is 0.354 e. The molecule has 7 nitrogen and oxygen atoms in total. The minimum absolute atomic E-state index is 0.0261. The van der Waals surface area contributed by atoms with E-state index in [9.17, 15) is 14.4 Å². The molecule has 7 heteroatoms. The molecule has 1 heterocycles. The van der Waals surface area contributed by atoms with Crippen LogP contribution in [0.5, 0.6) is 0 Å². The van der Waals surface area contributed by atoms with E-state index < -0.39 is 6.04 Å². The van der Waals surface area contributed by atoms with Gasteiger partial charge < -0.3 is 16.0 Å². The topological polar surface area (TPSA) is 100 Å². The zero-order valence-electron chi connectivity index (χ0n) is 23.5. The third-order valence-corrected chi connectivity index (χ3v) is 6.65. The number of unbranched alkanes of at least 4 members (excludes halogenated alkanes) is 13. The van der Waals surface area contributed by atoms with Gasteiger partial charge in [0.25, 0.3) is 0 Å². The van der Waals surface area contributed by atoms with Crippen molar-refractivity contribution in [1.29, 1.82) is 0 Å². The van der Waals surface area contributed by atoms with Gasteiger partial charge in [-0.2, -0.15) is 0 Å². The summed E-state index contributed by atoms with van der Waals surface area (Å²) >= 11 is 0. The van der Waals surface area contributed by atoms with Crippen LogP contribution in [0, 0.1) is 0 Å². The number of rotatable bonds is 23. The van der Waals surface area contributed by atoms with Crippen LogP contribution in [0.15, 0.2) is 24.5 Å². The lowest BCUT2D eigenvalue weighted by molar-refractivity contribution is -0.128. The van der Waals surface area contributed by atoms with Gasteiger partial charge in [-0.15, -0.1) is 0 Å². The molecule has 3 amide bonds. The average molecular weight is 517 g/mol. The van der Waals surface area contributed by atoms with Gasteiger partial charge in [0.2, 0.25) is 17.7 Å². The molecule has 0 bridgehead atoms. The van der Waals surface area contributed by atoms with Gasteiger partial charge in [0, 0.05) is 38.3 Å². The zero-order valence-corrected chi connectivity index (χ0v) is 23.5. The first-order valence-electron chi connectivity index (χ1n) is 14.8. The Labute approximate surface area is 225 Å². The van der Waals surface area contributed by atoms with Crippen LogP contribution >= 0.6 is 0 Å². The molecule has 0 radical (unpaired) electrons. The molecule has 1 aromatic rings. The molecule has 0 saturated carbocycles. The highest BCUT2D eigenvalue weighted by Gasteiger charge is 2.14. The van der Waals surface area contributed by atoms with Crippen LogP contribution in [-0.2, 0) is 20.9 Å². The molecule has 0 aliphatic rings. The van der Waals surface area contributed by atoms with Gasteiger partial charge >= 0.3 is 0 Å². The van der Waals surface area contributed by atoms with Gasteiger partial charge in [-0.1, -0.05) is 84.0 Å². The van der Waals surface area contributed by atoms with Gasteiger partial charge in [0.05, 0.1) is 0 Å². The molecule has 0 unspecified atom stereocenters. The van der Waals surface area contributed by atoms with E-state index in [1.54, 1.807) is 19.3 Å². The van der Waals surface area contributed by atoms with E-state index in [2.05, 4.69) is 27.9 Å². The summed E-state index contributed by atoms with van der Waals surface area (Å²) in [6.07, 6.45) is 21.6. The Morgan fingerprint density at radius 3 is 1.81 bits per heavy atom. The number of nitrogens with zero attached hydrogens (tertiary/aromatic N) is 1. The summed E-state index contributed by atoms with van der Waals surface area (Å²) in [5, 5.41) is 8.71. The van der Waals surface area contributed by atoms with E-state index >= 15 is 0 Å². The van der Waals surface area contributed by atoms with Crippen molar-refractivity contribution >= 4 is 17.7 Å². The van der Waals surface area contributed by atoms with Gasteiger partial charge in [-0.3, -0.25) is 19.4 Å². The van der Waals surface area contributed by atoms with Crippen molar-refractivity contribution < 1.29 is 14.4 Å². The van der Waals surface area contributed by atoms with Crippen LogP contribution in [0.25, 0.3) is 0 Å². The first kappa shape index (κ1) is 32.6. The molecule has 1 rings (SSSR count). The number of hydrogen-bond donors (Lipinski definition) is 3. The van der Waals surface area contributed by atoms with Crippen molar-refractivity contribution in [3.63, 3.8) is 0 Å². The first-order valence-corrected chi connectivity index (χ1v) is 14.8. The molecule has 210 valence electrons. The van der Waals surface area contributed by atoms with E-state index in [0.29, 0.717) is 25.9 Å². The summed E-state index contributed by atoms with van der Waals surface area (Å²) in [7, 11) is 0. The molecule has 0 aliphatic heterocycles. The number of pyridine rings is 1. The average Bonchev–Trinajstić information content (AvgIpc) is 2.90. The van der Waals surface area contributed by atoms with Crippen LogP contribution in [-0.4, -0.2) is 35.3 Å². The maximum atomic E-state index is 12.2. The van der Waals surface area contributed by atoms with E-state index in [1.807, 2.05) is 12.1 Å². The van der Waals surface area contributed by atoms with Crippen LogP contribution in [0.1, 0.15) is 129 Å². The van der Waals surface area contributed by atoms with Crippen LogP contribution in [0.3, 0.4) is 0 Å². The van der Waals surface area contributed by atoms with Crippen LogP contribution in [0.4, 0.5) is 0 Å². The maximum Gasteiger partial charge on any atom is 0.242 e. The number of carbonyl (C=O) groups excluding carboxylic acids is 3. The third kappa shape index (κ3) is 19.4. The summed E-state index contributed by atoms with van der Waals surface area (Å²) in [5.41, 5.74) is 1.07. The highest BCUT2D eigenvalue weighted by atomic mass is 16.2. The Morgan fingerprint density at radius 1 is 0.703 bits per heavy atom. The van der Waals surface area contributed by atoms with Gasteiger partial charge in [-0.05, 0) is 43.9 Å². The fourth-order valence-electron chi connectivity index (χ4n) is 4.25. The molecule has 0 aliphatic carbocycles. The smallest absolute Gasteiger partial charge is 0.242 e. The molecule has 1 aromatic heterocycles. The lowest BCUT2D eigenvalue weighted by Crippen LogP contribution is -2.45. The minimum atomic E-state index is -0.477. The second-order valence-electron chi connectivity index (χ2n) is 10.2. The highest BCUT2D eigenvalue weighted by Crippen LogP contribution is 2.10. The van der Waals surface area contributed by atoms with Crippen molar-refractivity contribution in [1.82, 2.24) is 20.9 Å². The van der Waals surface area contributed by atoms with Gasteiger partial charge in [0.15, 0.2) is 0 Å². The second kappa shape index (κ2) is 22.7. The van der Waals surface area contributed by atoms with E-state index in [0.717, 1.165) is 56.9 Å². The molecular formula is C30H52N4O3. The fourth-order valence-corrected chi connectivity index (χ4v) is 4.25. The van der Waals surface area contributed by atoms with Crippen LogP contribution < -0.4 is 16.0 Å². The minimum Gasteiger partial charge on any atom is -0.354 e. The number of carbonyl (C=O) groups is 3. The first-order chi connectivity index (χ1) is 18.0. The summed E-state index contributed by atoms with van der Waals surface area (Å²) in [4.78, 5) is 40.1. The second-order valence-corrected chi connectivity index (χ2v) is 10.2. The maximum absolute atomic E-state index is 12.2. The Bertz CT molecular complexity index is 727. The van der Waals surface area contributed by atoms with Crippen molar-refractivity contribution in [3.8, 4) is 0 Å². The Balaban J connectivity index is 1.88. The zero-order chi connectivity index (χ0) is 27.0. The Kier molecular flexibility index (Phi) is 20.0. The third-order valence-electron chi connectivity index (χ3n) is 6.65. The molecular weight excluding hydrogens is 464 g/mol. The number of amides is 3. The summed E-state index contributed by atoms with van der Waals surface area (Å²) < 4.78 is 0. The molecule has 3 N–H and O–H groups in total. The molecule has 0 aromatic carbocycles. The molecule has 0 saturated heterocycles. The Hall–Kier alpha value is -2.44. The van der Waals surface area contributed by atoms with Gasteiger partial charge in [-0.25, -0.2) is 0 Å². The number of nitrogens with one attached hydrogen (secondary N) is 3.